The molecule has 0 unspecified atom stereocenters. The fourth-order valence-electron chi connectivity index (χ4n) is 0.466. The average molecular weight is 176 g/mol. The lowest BCUT2D eigenvalue weighted by Gasteiger charge is -2.05. The first-order valence-corrected chi connectivity index (χ1v) is 3.56. The van der Waals surface area contributed by atoms with Gasteiger partial charge in [0.15, 0.2) is 5.11 Å². The second-order valence-corrected chi connectivity index (χ2v) is 2.29. The van der Waals surface area contributed by atoms with E-state index in [0.29, 0.717) is 18.2 Å². The quantitative estimate of drug-likeness (QED) is 0.181. The molecule has 6 heteroatoms. The number of carbonyl (C=O) groups is 1. The maximum absolute atomic E-state index is 10.3. The smallest absolute Gasteiger partial charge is 0.216 e. The largest absolute Gasteiger partial charge is 0.360 e. The molecule has 0 aromatic heterocycles. The molecule has 0 saturated carbocycles. The first-order chi connectivity index (χ1) is 5.16. The summed E-state index contributed by atoms with van der Waals surface area (Å²) in [4.78, 5) is 10.3. The average Bonchev–Trinajstić information content (AvgIpc) is 1.97. The molecule has 0 rings (SSSR count). The van der Waals surface area contributed by atoms with Crippen molar-refractivity contribution in [1.82, 2.24) is 16.1 Å². The van der Waals surface area contributed by atoms with Gasteiger partial charge in [0.25, 0.3) is 0 Å². The van der Waals surface area contributed by atoms with Crippen molar-refractivity contribution in [3.8, 4) is 0 Å². The number of carbonyl (C=O) groups excluding carboxylic acids is 1. The third kappa shape index (κ3) is 7.01. The number of nitrogens with two attached hydrogens (primary N) is 1. The summed E-state index contributed by atoms with van der Waals surface area (Å²) in [6.07, 6.45) is 0. The molecule has 0 aromatic carbocycles. The van der Waals surface area contributed by atoms with Crippen LogP contribution in [-0.4, -0.2) is 24.1 Å². The molecule has 0 spiro atoms. The summed E-state index contributed by atoms with van der Waals surface area (Å²) in [6.45, 7) is 2.57. The molecule has 0 aliphatic rings. The maximum atomic E-state index is 10.3. The molecule has 0 heterocycles. The Bertz CT molecular complexity index is 149. The fourth-order valence-corrected chi connectivity index (χ4v) is 0.568. The van der Waals surface area contributed by atoms with Crippen LogP contribution in [0.2, 0.25) is 0 Å². The summed E-state index contributed by atoms with van der Waals surface area (Å²) in [5.41, 5.74) is 2.26. The number of thiocarbonyl (C=S) groups is 1. The summed E-state index contributed by atoms with van der Waals surface area (Å²) in [5.74, 6) is 4.92. The number of hydrazine groups is 1. The van der Waals surface area contributed by atoms with Crippen molar-refractivity contribution in [1.29, 1.82) is 0 Å². The van der Waals surface area contributed by atoms with E-state index in [0.717, 1.165) is 0 Å². The highest BCUT2D eigenvalue weighted by Crippen LogP contribution is 1.63. The van der Waals surface area contributed by atoms with E-state index in [1.807, 2.05) is 0 Å². The second kappa shape index (κ2) is 5.87. The Morgan fingerprint density at radius 1 is 1.45 bits per heavy atom. The Hall–Kier alpha value is -0.880. The van der Waals surface area contributed by atoms with Crippen LogP contribution < -0.4 is 21.9 Å². The van der Waals surface area contributed by atoms with Gasteiger partial charge >= 0.3 is 0 Å². The molecule has 0 saturated heterocycles. The molecule has 5 nitrogen and oxygen atoms in total. The van der Waals surface area contributed by atoms with Crippen LogP contribution in [0.3, 0.4) is 0 Å². The zero-order valence-electron chi connectivity index (χ0n) is 6.31. The van der Waals surface area contributed by atoms with Gasteiger partial charge in [0.05, 0.1) is 0 Å². The van der Waals surface area contributed by atoms with E-state index in [-0.39, 0.29) is 5.91 Å². The molecular weight excluding hydrogens is 164 g/mol. The topological polar surface area (TPSA) is 79.2 Å². The van der Waals surface area contributed by atoms with E-state index in [1.54, 1.807) is 0 Å². The normalized spacial score (nSPS) is 8.55. The van der Waals surface area contributed by atoms with Crippen molar-refractivity contribution >= 4 is 23.2 Å². The van der Waals surface area contributed by atoms with E-state index in [9.17, 15) is 4.79 Å². The lowest BCUT2D eigenvalue weighted by molar-refractivity contribution is -0.118. The Balaban J connectivity index is 3.14. The molecule has 5 N–H and O–H groups in total. The van der Waals surface area contributed by atoms with Crippen molar-refractivity contribution in [2.45, 2.75) is 6.92 Å². The number of amides is 1. The lowest BCUT2D eigenvalue weighted by atomic mass is 10.6. The minimum atomic E-state index is -0.0570. The van der Waals surface area contributed by atoms with Crippen LogP contribution in [-0.2, 0) is 4.79 Å². The van der Waals surface area contributed by atoms with Crippen LogP contribution in [0.4, 0.5) is 0 Å². The van der Waals surface area contributed by atoms with Crippen LogP contribution in [0.25, 0.3) is 0 Å². The van der Waals surface area contributed by atoms with Gasteiger partial charge in [-0.2, -0.15) is 0 Å². The monoisotopic (exact) mass is 176 g/mol. The Morgan fingerprint density at radius 2 is 2.00 bits per heavy atom. The molecule has 1 amide bonds. The molecule has 0 bridgehead atoms. The van der Waals surface area contributed by atoms with Gasteiger partial charge in [0.1, 0.15) is 0 Å². The van der Waals surface area contributed by atoms with Crippen molar-refractivity contribution in [2.75, 3.05) is 13.1 Å². The van der Waals surface area contributed by atoms with Gasteiger partial charge in [-0.05, 0) is 12.2 Å². The van der Waals surface area contributed by atoms with Gasteiger partial charge in [-0.1, -0.05) is 0 Å². The highest BCUT2D eigenvalue weighted by atomic mass is 32.1. The maximum Gasteiger partial charge on any atom is 0.216 e. The Kier molecular flexibility index (Phi) is 5.40. The minimum absolute atomic E-state index is 0.0570. The molecular formula is C5H12N4OS. The van der Waals surface area contributed by atoms with E-state index in [2.05, 4.69) is 28.3 Å². The van der Waals surface area contributed by atoms with Gasteiger partial charge in [0.2, 0.25) is 5.91 Å². The van der Waals surface area contributed by atoms with E-state index in [1.165, 1.54) is 6.92 Å². The van der Waals surface area contributed by atoms with Crippen LogP contribution >= 0.6 is 12.2 Å². The Labute approximate surface area is 70.7 Å². The molecule has 64 valence electrons. The van der Waals surface area contributed by atoms with Crippen LogP contribution in [0.1, 0.15) is 6.92 Å². The zero-order valence-corrected chi connectivity index (χ0v) is 7.12. The summed E-state index contributed by atoms with van der Waals surface area (Å²) in [5, 5.41) is 5.73. The van der Waals surface area contributed by atoms with E-state index in [4.69, 9.17) is 5.84 Å². The van der Waals surface area contributed by atoms with Crippen molar-refractivity contribution in [3.05, 3.63) is 0 Å². The van der Waals surface area contributed by atoms with Gasteiger partial charge in [-0.25, -0.2) is 5.84 Å². The third-order valence-corrected chi connectivity index (χ3v) is 1.18. The highest BCUT2D eigenvalue weighted by molar-refractivity contribution is 7.80. The minimum Gasteiger partial charge on any atom is -0.360 e. The van der Waals surface area contributed by atoms with Gasteiger partial charge in [0, 0.05) is 20.0 Å². The molecule has 0 aliphatic heterocycles. The van der Waals surface area contributed by atoms with E-state index < -0.39 is 0 Å². The van der Waals surface area contributed by atoms with Gasteiger partial charge in [-0.3, -0.25) is 4.79 Å². The molecule has 11 heavy (non-hydrogen) atoms. The summed E-state index contributed by atoms with van der Waals surface area (Å²) >= 11 is 4.67. The zero-order chi connectivity index (χ0) is 8.69. The van der Waals surface area contributed by atoms with Crippen LogP contribution in [0.15, 0.2) is 0 Å². The number of hydrogen-bond donors (Lipinski definition) is 4. The second-order valence-electron chi connectivity index (χ2n) is 1.88. The van der Waals surface area contributed by atoms with Crippen LogP contribution in [0, 0.1) is 0 Å². The van der Waals surface area contributed by atoms with Crippen molar-refractivity contribution < 1.29 is 4.79 Å². The fraction of sp³-hybridized carbons (Fsp3) is 0.600. The van der Waals surface area contributed by atoms with Gasteiger partial charge in [-0.15, -0.1) is 0 Å². The highest BCUT2D eigenvalue weighted by Gasteiger charge is 1.91. The molecule has 0 aromatic rings. The van der Waals surface area contributed by atoms with Crippen molar-refractivity contribution in [2.24, 2.45) is 5.84 Å². The molecule has 0 aliphatic carbocycles. The number of rotatable bonds is 3. The Morgan fingerprint density at radius 3 is 2.45 bits per heavy atom. The standard InChI is InChI=1S/C5H12N4OS/c1-4(10)7-2-3-8-5(11)9-6/h2-3,6H2,1H3,(H,7,10)(H2,8,9,11). The first kappa shape index (κ1) is 10.1. The SMILES string of the molecule is CC(=O)NCCNC(=S)NN. The molecule has 0 fully saturated rings. The predicted octanol–water partition coefficient (Wildman–Crippen LogP) is -1.54. The third-order valence-electron chi connectivity index (χ3n) is 0.916. The first-order valence-electron chi connectivity index (χ1n) is 3.15. The summed E-state index contributed by atoms with van der Waals surface area (Å²) < 4.78 is 0. The molecule has 0 atom stereocenters. The number of nitrogens with one attached hydrogen (secondary N) is 3. The number of hydrogen-bond acceptors (Lipinski definition) is 3. The van der Waals surface area contributed by atoms with E-state index >= 15 is 0 Å². The predicted molar refractivity (Wildman–Crippen MR) is 46.6 cm³/mol. The molecule has 0 radical (unpaired) electrons. The summed E-state index contributed by atoms with van der Waals surface area (Å²) in [7, 11) is 0. The summed E-state index contributed by atoms with van der Waals surface area (Å²) in [6, 6.07) is 0. The lowest BCUT2D eigenvalue weighted by Crippen LogP contribution is -2.42. The van der Waals surface area contributed by atoms with Crippen molar-refractivity contribution in [3.63, 3.8) is 0 Å². The van der Waals surface area contributed by atoms with Gasteiger partial charge < -0.3 is 16.1 Å². The van der Waals surface area contributed by atoms with Crippen LogP contribution in [0.5, 0.6) is 0 Å².